The minimum absolute atomic E-state index is 0.0305. The third-order valence-electron chi connectivity index (χ3n) is 5.58. The molecule has 0 N–H and O–H groups in total. The van der Waals surface area contributed by atoms with Gasteiger partial charge < -0.3 is 0 Å². The fraction of sp³-hybridized carbons (Fsp3) is 0.360. The van der Waals surface area contributed by atoms with Crippen LogP contribution < -0.4 is 4.57 Å². The van der Waals surface area contributed by atoms with E-state index < -0.39 is 0 Å². The summed E-state index contributed by atoms with van der Waals surface area (Å²) in [5.41, 5.74) is 3.89. The molecule has 2 unspecified atom stereocenters. The van der Waals surface area contributed by atoms with E-state index in [0.717, 1.165) is 16.7 Å². The average Bonchev–Trinajstić information content (AvgIpc) is 2.75. The van der Waals surface area contributed by atoms with Crippen molar-refractivity contribution in [1.82, 2.24) is 9.97 Å². The predicted octanol–water partition coefficient (Wildman–Crippen LogP) is 5.70. The summed E-state index contributed by atoms with van der Waals surface area (Å²) in [6.45, 7) is 8.87. The molecule has 0 saturated heterocycles. The molecule has 31 heavy (non-hydrogen) atoms. The smallest absolute Gasteiger partial charge is 0.187 e. The summed E-state index contributed by atoms with van der Waals surface area (Å²) in [4.78, 5) is 8.49. The number of rotatable bonds is 7. The third kappa shape index (κ3) is 5.65. The minimum atomic E-state index is -0.262. The van der Waals surface area contributed by atoms with Crippen molar-refractivity contribution in [3.8, 4) is 6.07 Å². The summed E-state index contributed by atoms with van der Waals surface area (Å²) in [6, 6.07) is 7.56. The lowest BCUT2D eigenvalue weighted by atomic mass is 9.95. The van der Waals surface area contributed by atoms with Gasteiger partial charge in [0.1, 0.15) is 16.9 Å². The van der Waals surface area contributed by atoms with Gasteiger partial charge in [-0.15, -0.1) is 0 Å². The Kier molecular flexibility index (Phi) is 7.35. The summed E-state index contributed by atoms with van der Waals surface area (Å²) in [5.74, 6) is 0.182. The maximum atomic E-state index is 14.5. The van der Waals surface area contributed by atoms with Crippen LogP contribution in [0.25, 0.3) is 0 Å². The standard InChI is InChI=1S/C25H27ClFN4/c1-16(2)20-9-24(27)25(30-13-20)7-17(3)22-5-6-31(15-23(22)26)14-18(4)21-8-19(10-28)11-29-12-21/h5-6,8-9,11-13,15-18H,7,14H2,1-4H3/q+1. The molecule has 0 radical (unpaired) electrons. The van der Waals surface area contributed by atoms with Gasteiger partial charge in [0, 0.05) is 30.6 Å². The Morgan fingerprint density at radius 3 is 2.52 bits per heavy atom. The summed E-state index contributed by atoms with van der Waals surface area (Å²) in [7, 11) is 0. The molecule has 0 aromatic carbocycles. The topological polar surface area (TPSA) is 53.5 Å². The van der Waals surface area contributed by atoms with Crippen molar-refractivity contribution in [3.05, 3.63) is 88.0 Å². The molecular formula is C25H27ClFN4+. The van der Waals surface area contributed by atoms with Crippen molar-refractivity contribution in [2.24, 2.45) is 0 Å². The minimum Gasteiger partial charge on any atom is -0.263 e. The zero-order valence-corrected chi connectivity index (χ0v) is 19.1. The summed E-state index contributed by atoms with van der Waals surface area (Å²) in [6.07, 6.45) is 9.48. The van der Waals surface area contributed by atoms with Gasteiger partial charge in [-0.2, -0.15) is 5.26 Å². The number of aromatic nitrogens is 3. The Morgan fingerprint density at radius 1 is 1.10 bits per heavy atom. The lowest BCUT2D eigenvalue weighted by molar-refractivity contribution is -0.699. The highest BCUT2D eigenvalue weighted by atomic mass is 35.5. The molecule has 0 fully saturated rings. The second-order valence-corrected chi connectivity index (χ2v) is 8.83. The van der Waals surface area contributed by atoms with Gasteiger partial charge in [-0.05, 0) is 47.1 Å². The molecule has 3 aromatic heterocycles. The lowest BCUT2D eigenvalue weighted by Gasteiger charge is -2.15. The Labute approximate surface area is 188 Å². The molecule has 0 saturated carbocycles. The van der Waals surface area contributed by atoms with Crippen molar-refractivity contribution in [2.75, 3.05) is 0 Å². The predicted molar refractivity (Wildman–Crippen MR) is 119 cm³/mol. The van der Waals surface area contributed by atoms with Gasteiger partial charge >= 0.3 is 0 Å². The largest absolute Gasteiger partial charge is 0.263 e. The molecule has 0 amide bonds. The number of pyridine rings is 3. The van der Waals surface area contributed by atoms with Crippen LogP contribution in [-0.4, -0.2) is 9.97 Å². The van der Waals surface area contributed by atoms with Gasteiger partial charge in [0.15, 0.2) is 18.9 Å². The van der Waals surface area contributed by atoms with Crippen molar-refractivity contribution in [2.45, 2.75) is 58.4 Å². The Bertz CT molecular complexity index is 1110. The van der Waals surface area contributed by atoms with E-state index in [1.807, 2.05) is 49.9 Å². The third-order valence-corrected chi connectivity index (χ3v) is 5.89. The number of hydrogen-bond acceptors (Lipinski definition) is 3. The van der Waals surface area contributed by atoms with E-state index in [0.29, 0.717) is 29.2 Å². The summed E-state index contributed by atoms with van der Waals surface area (Å²) < 4.78 is 16.5. The van der Waals surface area contributed by atoms with E-state index >= 15 is 0 Å². The van der Waals surface area contributed by atoms with Gasteiger partial charge in [0.25, 0.3) is 0 Å². The van der Waals surface area contributed by atoms with Crippen LogP contribution in [0.4, 0.5) is 4.39 Å². The molecule has 0 aliphatic rings. The van der Waals surface area contributed by atoms with E-state index in [9.17, 15) is 4.39 Å². The maximum absolute atomic E-state index is 14.5. The van der Waals surface area contributed by atoms with Gasteiger partial charge in [0.2, 0.25) is 0 Å². The molecule has 0 aliphatic carbocycles. The van der Waals surface area contributed by atoms with E-state index in [2.05, 4.69) is 23.0 Å². The zero-order valence-electron chi connectivity index (χ0n) is 18.3. The van der Waals surface area contributed by atoms with Gasteiger partial charge in [0.05, 0.1) is 11.3 Å². The van der Waals surface area contributed by atoms with Crippen LogP contribution in [0.5, 0.6) is 0 Å². The summed E-state index contributed by atoms with van der Waals surface area (Å²) >= 11 is 6.58. The van der Waals surface area contributed by atoms with Crippen LogP contribution in [0, 0.1) is 17.1 Å². The average molecular weight is 438 g/mol. The normalized spacial score (nSPS) is 13.1. The first kappa shape index (κ1) is 22.8. The van der Waals surface area contributed by atoms with Crippen molar-refractivity contribution >= 4 is 11.6 Å². The van der Waals surface area contributed by atoms with Crippen LogP contribution in [0.1, 0.15) is 73.4 Å². The first-order valence-corrected chi connectivity index (χ1v) is 10.8. The Morgan fingerprint density at radius 2 is 1.87 bits per heavy atom. The molecule has 0 aliphatic heterocycles. The number of halogens is 2. The van der Waals surface area contributed by atoms with Crippen molar-refractivity contribution in [3.63, 3.8) is 0 Å². The monoisotopic (exact) mass is 437 g/mol. The van der Waals surface area contributed by atoms with Crippen molar-refractivity contribution < 1.29 is 8.96 Å². The number of nitriles is 1. The number of nitrogens with zero attached hydrogens (tertiary/aromatic N) is 4. The summed E-state index contributed by atoms with van der Waals surface area (Å²) in [5, 5.41) is 9.72. The molecule has 4 nitrogen and oxygen atoms in total. The van der Waals surface area contributed by atoms with Crippen LogP contribution in [0.2, 0.25) is 5.02 Å². The zero-order chi connectivity index (χ0) is 22.5. The highest BCUT2D eigenvalue weighted by molar-refractivity contribution is 6.31. The molecular weight excluding hydrogens is 411 g/mol. The maximum Gasteiger partial charge on any atom is 0.187 e. The van der Waals surface area contributed by atoms with Gasteiger partial charge in [-0.3, -0.25) is 9.97 Å². The molecule has 3 heterocycles. The van der Waals surface area contributed by atoms with Gasteiger partial charge in [-0.1, -0.05) is 39.3 Å². The highest BCUT2D eigenvalue weighted by Crippen LogP contribution is 2.27. The second-order valence-electron chi connectivity index (χ2n) is 8.42. The molecule has 2 atom stereocenters. The van der Waals surface area contributed by atoms with Crippen LogP contribution >= 0.6 is 11.6 Å². The van der Waals surface area contributed by atoms with Crippen molar-refractivity contribution in [1.29, 1.82) is 5.26 Å². The highest BCUT2D eigenvalue weighted by Gasteiger charge is 2.19. The fourth-order valence-electron chi connectivity index (χ4n) is 3.59. The van der Waals surface area contributed by atoms with Crippen LogP contribution in [0.15, 0.2) is 49.2 Å². The second kappa shape index (κ2) is 9.98. The van der Waals surface area contributed by atoms with E-state index in [1.54, 1.807) is 24.7 Å². The SMILES string of the molecule is CC(C)c1cnc(CC(C)c2cc[n+](CC(C)c3cncc(C#N)c3)cc2Cl)c(F)c1. The molecule has 0 bridgehead atoms. The first-order valence-electron chi connectivity index (χ1n) is 10.5. The molecule has 3 aromatic rings. The lowest BCUT2D eigenvalue weighted by Crippen LogP contribution is -2.35. The molecule has 0 spiro atoms. The van der Waals surface area contributed by atoms with Gasteiger partial charge in [-0.25, -0.2) is 8.96 Å². The fourth-order valence-corrected chi connectivity index (χ4v) is 3.96. The van der Waals surface area contributed by atoms with E-state index in [1.165, 1.54) is 0 Å². The van der Waals surface area contributed by atoms with Crippen LogP contribution in [0.3, 0.4) is 0 Å². The first-order chi connectivity index (χ1) is 14.8. The molecule has 6 heteroatoms. The Hall–Kier alpha value is -2.84. The Balaban J connectivity index is 1.72. The van der Waals surface area contributed by atoms with Crippen LogP contribution in [-0.2, 0) is 13.0 Å². The molecule has 3 rings (SSSR count). The number of hydrogen-bond donors (Lipinski definition) is 0. The quantitative estimate of drug-likeness (QED) is 0.445. The van der Waals surface area contributed by atoms with E-state index in [4.69, 9.17) is 16.9 Å². The van der Waals surface area contributed by atoms with E-state index in [-0.39, 0.29) is 23.6 Å². The molecule has 160 valence electrons.